The van der Waals surface area contributed by atoms with Crippen molar-refractivity contribution >= 4 is 5.96 Å². The normalized spacial score (nSPS) is 15.2. The molecular formula is C19H30F2N4O2. The summed E-state index contributed by atoms with van der Waals surface area (Å²) in [6.07, 6.45) is 3.61. The molecule has 0 spiro atoms. The molecule has 1 aliphatic rings. The Morgan fingerprint density at radius 1 is 1.26 bits per heavy atom. The molecule has 0 aromatic heterocycles. The van der Waals surface area contributed by atoms with Crippen LogP contribution in [0.3, 0.4) is 0 Å². The number of benzene rings is 1. The average Bonchev–Trinajstić information content (AvgIpc) is 3.16. The van der Waals surface area contributed by atoms with Crippen molar-refractivity contribution < 1.29 is 18.3 Å². The first-order valence-electron chi connectivity index (χ1n) is 9.50. The molecule has 0 bridgehead atoms. The predicted molar refractivity (Wildman–Crippen MR) is 103 cm³/mol. The Morgan fingerprint density at radius 2 is 2.04 bits per heavy atom. The Bertz CT molecular complexity index is 593. The summed E-state index contributed by atoms with van der Waals surface area (Å²) in [5, 5.41) is 6.40. The van der Waals surface area contributed by atoms with Crippen LogP contribution in [0.1, 0.15) is 31.7 Å². The molecule has 1 saturated heterocycles. The van der Waals surface area contributed by atoms with Gasteiger partial charge in [0.25, 0.3) is 0 Å². The molecule has 1 aliphatic heterocycles. The molecular weight excluding hydrogens is 354 g/mol. The minimum atomic E-state index is -2.91. The van der Waals surface area contributed by atoms with Gasteiger partial charge in [0.15, 0.2) is 17.5 Å². The van der Waals surface area contributed by atoms with Crippen molar-refractivity contribution in [3.63, 3.8) is 0 Å². The van der Waals surface area contributed by atoms with Crippen molar-refractivity contribution in [1.29, 1.82) is 0 Å². The van der Waals surface area contributed by atoms with Gasteiger partial charge in [-0.2, -0.15) is 8.78 Å². The zero-order valence-corrected chi connectivity index (χ0v) is 16.1. The molecule has 1 heterocycles. The van der Waals surface area contributed by atoms with Gasteiger partial charge in [-0.25, -0.2) is 0 Å². The highest BCUT2D eigenvalue weighted by atomic mass is 19.3. The average molecular weight is 384 g/mol. The second kappa shape index (κ2) is 11.6. The number of nitrogens with zero attached hydrogens (tertiary/aromatic N) is 2. The lowest BCUT2D eigenvalue weighted by Gasteiger charge is -2.18. The number of likely N-dealkylation sites (tertiary alicyclic amines) is 1. The van der Waals surface area contributed by atoms with Gasteiger partial charge >= 0.3 is 6.61 Å². The first-order valence-corrected chi connectivity index (χ1v) is 9.50. The van der Waals surface area contributed by atoms with Gasteiger partial charge in [-0.05, 0) is 51.9 Å². The number of ether oxygens (including phenoxy) is 2. The van der Waals surface area contributed by atoms with Crippen molar-refractivity contribution in [3.8, 4) is 11.5 Å². The molecule has 1 aromatic rings. The summed E-state index contributed by atoms with van der Waals surface area (Å²) < 4.78 is 35.7. The van der Waals surface area contributed by atoms with Crippen molar-refractivity contribution in [2.45, 2.75) is 39.3 Å². The number of guanidine groups is 1. The van der Waals surface area contributed by atoms with E-state index >= 15 is 0 Å². The molecule has 6 nitrogen and oxygen atoms in total. The Labute approximate surface area is 159 Å². The van der Waals surface area contributed by atoms with E-state index in [1.807, 2.05) is 0 Å². The van der Waals surface area contributed by atoms with Crippen LogP contribution in [0.4, 0.5) is 8.78 Å². The van der Waals surface area contributed by atoms with Crippen LogP contribution in [0.2, 0.25) is 0 Å². The molecule has 152 valence electrons. The van der Waals surface area contributed by atoms with Crippen LogP contribution in [0.5, 0.6) is 11.5 Å². The summed E-state index contributed by atoms with van der Waals surface area (Å²) >= 11 is 0. The lowest BCUT2D eigenvalue weighted by molar-refractivity contribution is -0.0520. The van der Waals surface area contributed by atoms with E-state index in [1.54, 1.807) is 32.2 Å². The number of alkyl halides is 2. The van der Waals surface area contributed by atoms with E-state index in [2.05, 4.69) is 25.3 Å². The Morgan fingerprint density at radius 3 is 2.70 bits per heavy atom. The van der Waals surface area contributed by atoms with Crippen molar-refractivity contribution in [3.05, 3.63) is 23.8 Å². The fourth-order valence-electron chi connectivity index (χ4n) is 3.11. The summed E-state index contributed by atoms with van der Waals surface area (Å²) in [5.74, 6) is 0.998. The zero-order chi connectivity index (χ0) is 19.5. The number of hydrogen-bond acceptors (Lipinski definition) is 4. The lowest BCUT2D eigenvalue weighted by atomic mass is 10.2. The minimum absolute atomic E-state index is 0.0614. The van der Waals surface area contributed by atoms with E-state index in [0.29, 0.717) is 30.4 Å². The summed E-state index contributed by atoms with van der Waals surface area (Å²) in [7, 11) is 1.68. The molecule has 8 heteroatoms. The fourth-order valence-corrected chi connectivity index (χ4v) is 3.11. The van der Waals surface area contributed by atoms with Gasteiger partial charge in [0, 0.05) is 25.7 Å². The van der Waals surface area contributed by atoms with Gasteiger partial charge in [-0.1, -0.05) is 12.1 Å². The van der Waals surface area contributed by atoms with E-state index in [-0.39, 0.29) is 5.75 Å². The van der Waals surface area contributed by atoms with Crippen molar-refractivity contribution in [2.75, 3.05) is 39.8 Å². The number of rotatable bonds is 10. The van der Waals surface area contributed by atoms with Crippen LogP contribution in [0.25, 0.3) is 0 Å². The number of nitrogens with one attached hydrogen (secondary N) is 2. The number of aliphatic imine (C=N–C) groups is 1. The standard InChI is InChI=1S/C19H30F2N4O2/c1-3-26-16-9-6-8-15(17(16)27-18(20)21)14-24-19(22-2)23-10-7-13-25-11-4-5-12-25/h6,8-9,18H,3-5,7,10-14H2,1-2H3,(H2,22,23,24). The minimum Gasteiger partial charge on any atom is -0.490 e. The summed E-state index contributed by atoms with van der Waals surface area (Å²) in [6.45, 7) is 3.82. The van der Waals surface area contributed by atoms with Crippen LogP contribution in [0.15, 0.2) is 23.2 Å². The maximum absolute atomic E-state index is 12.8. The van der Waals surface area contributed by atoms with Gasteiger partial charge < -0.3 is 25.0 Å². The third-order valence-corrected chi connectivity index (χ3v) is 4.38. The van der Waals surface area contributed by atoms with Crippen molar-refractivity contribution in [2.24, 2.45) is 4.99 Å². The van der Waals surface area contributed by atoms with E-state index in [4.69, 9.17) is 4.74 Å². The summed E-state index contributed by atoms with van der Waals surface area (Å²) in [4.78, 5) is 6.65. The van der Waals surface area contributed by atoms with E-state index < -0.39 is 6.61 Å². The number of halogens is 2. The first-order chi connectivity index (χ1) is 13.1. The molecule has 0 unspecified atom stereocenters. The molecule has 2 rings (SSSR count). The molecule has 0 saturated carbocycles. The van der Waals surface area contributed by atoms with E-state index in [9.17, 15) is 8.78 Å². The largest absolute Gasteiger partial charge is 0.490 e. The maximum atomic E-state index is 12.8. The smallest absolute Gasteiger partial charge is 0.387 e. The zero-order valence-electron chi connectivity index (χ0n) is 16.1. The lowest BCUT2D eigenvalue weighted by Crippen LogP contribution is -2.38. The summed E-state index contributed by atoms with van der Waals surface area (Å²) in [6, 6.07) is 5.11. The second-order valence-corrected chi connectivity index (χ2v) is 6.31. The van der Waals surface area contributed by atoms with Crippen LogP contribution < -0.4 is 20.1 Å². The van der Waals surface area contributed by atoms with E-state index in [0.717, 1.165) is 19.5 Å². The molecule has 0 aliphatic carbocycles. The Balaban J connectivity index is 1.86. The number of hydrogen-bond donors (Lipinski definition) is 2. The molecule has 27 heavy (non-hydrogen) atoms. The quantitative estimate of drug-likeness (QED) is 0.369. The highest BCUT2D eigenvalue weighted by Crippen LogP contribution is 2.32. The van der Waals surface area contributed by atoms with Crippen LogP contribution in [-0.2, 0) is 6.54 Å². The van der Waals surface area contributed by atoms with Crippen LogP contribution in [0, 0.1) is 0 Å². The molecule has 1 aromatic carbocycles. The third-order valence-electron chi connectivity index (χ3n) is 4.38. The fraction of sp³-hybridized carbons (Fsp3) is 0.632. The third kappa shape index (κ3) is 7.21. The van der Waals surface area contributed by atoms with E-state index in [1.165, 1.54) is 25.9 Å². The molecule has 0 amide bonds. The highest BCUT2D eigenvalue weighted by Gasteiger charge is 2.16. The predicted octanol–water partition coefficient (Wildman–Crippen LogP) is 2.84. The second-order valence-electron chi connectivity index (χ2n) is 6.31. The van der Waals surface area contributed by atoms with Gasteiger partial charge in [0.05, 0.1) is 6.61 Å². The molecule has 1 fully saturated rings. The Hall–Kier alpha value is -2.09. The molecule has 0 atom stereocenters. The maximum Gasteiger partial charge on any atom is 0.387 e. The molecule has 0 radical (unpaired) electrons. The van der Waals surface area contributed by atoms with Gasteiger partial charge in [0.2, 0.25) is 0 Å². The first kappa shape index (κ1) is 21.2. The SMILES string of the molecule is CCOc1cccc(CNC(=NC)NCCCN2CCCC2)c1OC(F)F. The van der Waals surface area contributed by atoms with Gasteiger partial charge in [-0.3, -0.25) is 4.99 Å². The van der Waals surface area contributed by atoms with Crippen LogP contribution in [-0.4, -0.2) is 57.3 Å². The van der Waals surface area contributed by atoms with Crippen molar-refractivity contribution in [1.82, 2.24) is 15.5 Å². The summed E-state index contributed by atoms with van der Waals surface area (Å²) in [5.41, 5.74) is 0.585. The highest BCUT2D eigenvalue weighted by molar-refractivity contribution is 5.79. The van der Waals surface area contributed by atoms with Gasteiger partial charge in [0.1, 0.15) is 0 Å². The topological polar surface area (TPSA) is 58.1 Å². The Kier molecular flexibility index (Phi) is 9.10. The molecule has 2 N–H and O–H groups in total. The van der Waals surface area contributed by atoms with Crippen LogP contribution >= 0.6 is 0 Å². The van der Waals surface area contributed by atoms with Gasteiger partial charge in [-0.15, -0.1) is 0 Å². The monoisotopic (exact) mass is 384 g/mol. The number of para-hydroxylation sites is 1.